The number of hydrogen-bond donors (Lipinski definition) is 2. The highest BCUT2D eigenvalue weighted by molar-refractivity contribution is 5.89. The van der Waals surface area contributed by atoms with Crippen molar-refractivity contribution in [1.82, 2.24) is 4.90 Å². The number of nitro groups is 1. The van der Waals surface area contributed by atoms with Crippen LogP contribution in [0.15, 0.2) is 18.2 Å². The maximum Gasteiger partial charge on any atom is 0.335 e. The molecule has 1 aromatic carbocycles. The van der Waals surface area contributed by atoms with Crippen LogP contribution in [0.2, 0.25) is 0 Å². The summed E-state index contributed by atoms with van der Waals surface area (Å²) in [4.78, 5) is 23.6. The first-order chi connectivity index (χ1) is 9.88. The normalized spacial score (nSPS) is 12.2. The highest BCUT2D eigenvalue weighted by Crippen LogP contribution is 2.26. The lowest BCUT2D eigenvalue weighted by atomic mass is 10.1. The molecule has 21 heavy (non-hydrogen) atoms. The van der Waals surface area contributed by atoms with E-state index in [1.54, 1.807) is 0 Å². The van der Waals surface area contributed by atoms with Gasteiger partial charge in [-0.1, -0.05) is 13.8 Å². The number of nitro benzene ring substituents is 1. The van der Waals surface area contributed by atoms with Gasteiger partial charge < -0.3 is 15.3 Å². The smallest absolute Gasteiger partial charge is 0.335 e. The molecule has 0 aliphatic heterocycles. The summed E-state index contributed by atoms with van der Waals surface area (Å²) >= 11 is 0. The van der Waals surface area contributed by atoms with Gasteiger partial charge in [-0.2, -0.15) is 0 Å². The summed E-state index contributed by atoms with van der Waals surface area (Å²) < 4.78 is 0. The molecule has 2 N–H and O–H groups in total. The Bertz CT molecular complexity index is 515. The number of likely N-dealkylation sites (N-methyl/N-ethyl adjacent to an activating group) is 1. The van der Waals surface area contributed by atoms with Crippen molar-refractivity contribution in [3.63, 3.8) is 0 Å². The van der Waals surface area contributed by atoms with E-state index >= 15 is 0 Å². The fourth-order valence-electron chi connectivity index (χ4n) is 2.12. The Morgan fingerprint density at radius 3 is 2.52 bits per heavy atom. The van der Waals surface area contributed by atoms with Gasteiger partial charge in [0, 0.05) is 18.7 Å². The van der Waals surface area contributed by atoms with Crippen LogP contribution in [0.5, 0.6) is 0 Å². The molecule has 7 nitrogen and oxygen atoms in total. The van der Waals surface area contributed by atoms with Gasteiger partial charge in [0.2, 0.25) is 0 Å². The van der Waals surface area contributed by atoms with Crippen molar-refractivity contribution in [1.29, 1.82) is 0 Å². The van der Waals surface area contributed by atoms with Gasteiger partial charge in [-0.15, -0.1) is 0 Å². The van der Waals surface area contributed by atoms with Crippen molar-refractivity contribution in [2.75, 3.05) is 25.0 Å². The van der Waals surface area contributed by atoms with E-state index in [4.69, 9.17) is 5.11 Å². The van der Waals surface area contributed by atoms with Crippen molar-refractivity contribution in [3.05, 3.63) is 33.9 Å². The molecule has 0 aromatic heterocycles. The van der Waals surface area contributed by atoms with Crippen LogP contribution in [0.25, 0.3) is 0 Å². The maximum absolute atomic E-state index is 11.1. The van der Waals surface area contributed by atoms with Gasteiger partial charge in [-0.05, 0) is 32.1 Å². The monoisotopic (exact) mass is 295 g/mol. The Labute approximate surface area is 123 Å². The Hall–Kier alpha value is -2.15. The zero-order chi connectivity index (χ0) is 16.0. The number of anilines is 1. The van der Waals surface area contributed by atoms with Gasteiger partial charge in [0.1, 0.15) is 5.69 Å². The van der Waals surface area contributed by atoms with Gasteiger partial charge in [-0.3, -0.25) is 10.1 Å². The molecular formula is C14H21N3O4. The molecule has 0 spiro atoms. The first kappa shape index (κ1) is 16.9. The lowest BCUT2D eigenvalue weighted by Crippen LogP contribution is -2.34. The van der Waals surface area contributed by atoms with Crippen LogP contribution in [-0.4, -0.2) is 46.6 Å². The van der Waals surface area contributed by atoms with E-state index in [1.807, 2.05) is 6.92 Å². The number of carbonyl (C=O) groups is 1. The van der Waals surface area contributed by atoms with E-state index in [2.05, 4.69) is 24.1 Å². The number of hydrogen-bond acceptors (Lipinski definition) is 5. The minimum atomic E-state index is -1.18. The standard InChI is InChI=1S/C14H21N3O4/c1-4-16(5-2)9-10(3)15-12-7-6-11(14(18)19)8-13(12)17(20)21/h6-8,10,15H,4-5,9H2,1-3H3,(H,18,19). The van der Waals surface area contributed by atoms with E-state index in [1.165, 1.54) is 12.1 Å². The van der Waals surface area contributed by atoms with Gasteiger partial charge >= 0.3 is 5.97 Å². The minimum Gasteiger partial charge on any atom is -0.478 e. The second kappa shape index (κ2) is 7.58. The van der Waals surface area contributed by atoms with E-state index in [0.29, 0.717) is 5.69 Å². The van der Waals surface area contributed by atoms with Gasteiger partial charge in [0.05, 0.1) is 10.5 Å². The molecule has 0 aliphatic rings. The molecule has 1 atom stereocenters. The van der Waals surface area contributed by atoms with Crippen LogP contribution in [0.1, 0.15) is 31.1 Å². The second-order valence-electron chi connectivity index (χ2n) is 4.83. The summed E-state index contributed by atoms with van der Waals surface area (Å²) in [6.07, 6.45) is 0. The number of rotatable bonds is 8. The number of carboxylic acid groups (broad SMARTS) is 1. The zero-order valence-electron chi connectivity index (χ0n) is 12.5. The summed E-state index contributed by atoms with van der Waals surface area (Å²) in [6.45, 7) is 8.61. The summed E-state index contributed by atoms with van der Waals surface area (Å²) in [5.41, 5.74) is 0.0228. The summed E-state index contributed by atoms with van der Waals surface area (Å²) in [7, 11) is 0. The lowest BCUT2D eigenvalue weighted by Gasteiger charge is -2.24. The van der Waals surface area contributed by atoms with Gasteiger partial charge in [0.15, 0.2) is 0 Å². The highest BCUT2D eigenvalue weighted by Gasteiger charge is 2.19. The average Bonchev–Trinajstić information content (AvgIpc) is 2.44. The molecule has 0 saturated heterocycles. The average molecular weight is 295 g/mol. The van der Waals surface area contributed by atoms with E-state index < -0.39 is 10.9 Å². The summed E-state index contributed by atoms with van der Waals surface area (Å²) in [6, 6.07) is 3.90. The van der Waals surface area contributed by atoms with Crippen molar-refractivity contribution < 1.29 is 14.8 Å². The van der Waals surface area contributed by atoms with Crippen LogP contribution in [0.3, 0.4) is 0 Å². The maximum atomic E-state index is 11.1. The van der Waals surface area contributed by atoms with Crippen molar-refractivity contribution in [2.45, 2.75) is 26.8 Å². The Balaban J connectivity index is 2.92. The molecule has 0 fully saturated rings. The fraction of sp³-hybridized carbons (Fsp3) is 0.500. The minimum absolute atomic E-state index is 0.0132. The van der Waals surface area contributed by atoms with Crippen molar-refractivity contribution >= 4 is 17.3 Å². The van der Waals surface area contributed by atoms with Gasteiger partial charge in [-0.25, -0.2) is 4.79 Å². The lowest BCUT2D eigenvalue weighted by molar-refractivity contribution is -0.384. The molecule has 0 bridgehead atoms. The second-order valence-corrected chi connectivity index (χ2v) is 4.83. The third-order valence-electron chi connectivity index (χ3n) is 3.27. The molecule has 0 radical (unpaired) electrons. The quantitative estimate of drug-likeness (QED) is 0.565. The Kier molecular flexibility index (Phi) is 6.10. The van der Waals surface area contributed by atoms with Gasteiger partial charge in [0.25, 0.3) is 5.69 Å². The van der Waals surface area contributed by atoms with Crippen LogP contribution in [0, 0.1) is 10.1 Å². The molecule has 0 aliphatic carbocycles. The van der Waals surface area contributed by atoms with E-state index in [0.717, 1.165) is 25.7 Å². The third-order valence-corrected chi connectivity index (χ3v) is 3.27. The SMILES string of the molecule is CCN(CC)CC(C)Nc1ccc(C(=O)O)cc1[N+](=O)[O-]. The van der Waals surface area contributed by atoms with E-state index in [-0.39, 0.29) is 17.3 Å². The topological polar surface area (TPSA) is 95.7 Å². The molecule has 1 aromatic rings. The zero-order valence-corrected chi connectivity index (χ0v) is 12.5. The highest BCUT2D eigenvalue weighted by atomic mass is 16.6. The molecule has 0 heterocycles. The number of nitrogens with one attached hydrogen (secondary N) is 1. The molecule has 0 amide bonds. The molecule has 1 rings (SSSR count). The number of nitrogens with zero attached hydrogens (tertiary/aromatic N) is 2. The number of benzene rings is 1. The molecular weight excluding hydrogens is 274 g/mol. The molecule has 116 valence electrons. The fourth-order valence-corrected chi connectivity index (χ4v) is 2.12. The predicted octanol–water partition coefficient (Wildman–Crippen LogP) is 2.44. The first-order valence-electron chi connectivity index (χ1n) is 6.89. The molecule has 7 heteroatoms. The largest absolute Gasteiger partial charge is 0.478 e. The predicted molar refractivity (Wildman–Crippen MR) is 80.9 cm³/mol. The van der Waals surface area contributed by atoms with E-state index in [9.17, 15) is 14.9 Å². The summed E-state index contributed by atoms with van der Waals surface area (Å²) in [5.74, 6) is -1.18. The molecule has 0 saturated carbocycles. The number of aromatic carboxylic acids is 1. The van der Waals surface area contributed by atoms with Crippen LogP contribution in [-0.2, 0) is 0 Å². The van der Waals surface area contributed by atoms with Crippen LogP contribution in [0.4, 0.5) is 11.4 Å². The summed E-state index contributed by atoms with van der Waals surface area (Å²) in [5, 5.41) is 23.1. The van der Waals surface area contributed by atoms with Crippen molar-refractivity contribution in [2.24, 2.45) is 0 Å². The third kappa shape index (κ3) is 4.71. The van der Waals surface area contributed by atoms with Crippen LogP contribution < -0.4 is 5.32 Å². The van der Waals surface area contributed by atoms with Crippen LogP contribution >= 0.6 is 0 Å². The molecule has 1 unspecified atom stereocenters. The number of carboxylic acids is 1. The Morgan fingerprint density at radius 2 is 2.05 bits per heavy atom. The first-order valence-corrected chi connectivity index (χ1v) is 6.89. The Morgan fingerprint density at radius 1 is 1.43 bits per heavy atom. The van der Waals surface area contributed by atoms with Crippen molar-refractivity contribution in [3.8, 4) is 0 Å².